The van der Waals surface area contributed by atoms with Gasteiger partial charge in [0.25, 0.3) is 0 Å². The fraction of sp³-hybridized carbons (Fsp3) is 0.231. The maximum absolute atomic E-state index is 13.9. The van der Waals surface area contributed by atoms with E-state index in [2.05, 4.69) is 10.3 Å². The van der Waals surface area contributed by atoms with Gasteiger partial charge in [-0.05, 0) is 12.1 Å². The second-order valence-electron chi connectivity index (χ2n) is 4.50. The van der Waals surface area contributed by atoms with Gasteiger partial charge in [-0.25, -0.2) is 4.39 Å². The van der Waals surface area contributed by atoms with Crippen molar-refractivity contribution in [3.05, 3.63) is 47.5 Å². The molecule has 0 radical (unpaired) electrons. The summed E-state index contributed by atoms with van der Waals surface area (Å²) in [5.41, 5.74) is 7.15. The molecule has 1 heterocycles. The van der Waals surface area contributed by atoms with Crippen molar-refractivity contribution in [3.63, 3.8) is 0 Å². The van der Waals surface area contributed by atoms with Crippen LogP contribution in [0, 0.1) is 5.82 Å². The summed E-state index contributed by atoms with van der Waals surface area (Å²) in [6, 6.07) is 4.57. The topological polar surface area (TPSA) is 79.7 Å². The number of aryl methyl sites for hydroxylation is 1. The van der Waals surface area contributed by atoms with Gasteiger partial charge in [0, 0.05) is 32.4 Å². The third-order valence-electron chi connectivity index (χ3n) is 2.94. The SMILES string of the molecule is CN(Cc1cnn(C)c1)c1cccc(F)c1C(N)=NO. The molecule has 2 rings (SSSR count). The van der Waals surface area contributed by atoms with Gasteiger partial charge in [-0.2, -0.15) is 5.10 Å². The first-order valence-corrected chi connectivity index (χ1v) is 5.98. The van der Waals surface area contributed by atoms with Crippen molar-refractivity contribution >= 4 is 11.5 Å². The van der Waals surface area contributed by atoms with Crippen molar-refractivity contribution in [2.24, 2.45) is 17.9 Å². The summed E-state index contributed by atoms with van der Waals surface area (Å²) < 4.78 is 15.6. The van der Waals surface area contributed by atoms with Crippen LogP contribution in [-0.2, 0) is 13.6 Å². The van der Waals surface area contributed by atoms with E-state index in [-0.39, 0.29) is 11.4 Å². The molecular formula is C13H16FN5O. The van der Waals surface area contributed by atoms with Gasteiger partial charge in [-0.3, -0.25) is 4.68 Å². The van der Waals surface area contributed by atoms with Crippen molar-refractivity contribution in [2.75, 3.05) is 11.9 Å². The largest absolute Gasteiger partial charge is 0.409 e. The second-order valence-corrected chi connectivity index (χ2v) is 4.50. The van der Waals surface area contributed by atoms with E-state index in [4.69, 9.17) is 10.9 Å². The lowest BCUT2D eigenvalue weighted by molar-refractivity contribution is 0.318. The molecule has 0 aliphatic heterocycles. The molecular weight excluding hydrogens is 261 g/mol. The van der Waals surface area contributed by atoms with Gasteiger partial charge in [0.1, 0.15) is 5.82 Å². The van der Waals surface area contributed by atoms with Gasteiger partial charge >= 0.3 is 0 Å². The minimum absolute atomic E-state index is 0.0846. The fourth-order valence-corrected chi connectivity index (χ4v) is 2.05. The predicted molar refractivity (Wildman–Crippen MR) is 74.2 cm³/mol. The number of nitrogens with zero attached hydrogens (tertiary/aromatic N) is 4. The highest BCUT2D eigenvalue weighted by atomic mass is 19.1. The minimum atomic E-state index is -0.532. The first-order chi connectivity index (χ1) is 9.52. The molecule has 1 aromatic carbocycles. The summed E-state index contributed by atoms with van der Waals surface area (Å²) in [4.78, 5) is 1.81. The number of amidine groups is 1. The van der Waals surface area contributed by atoms with Crippen LogP contribution < -0.4 is 10.6 Å². The maximum Gasteiger partial charge on any atom is 0.175 e. The molecule has 0 fully saturated rings. The summed E-state index contributed by atoms with van der Waals surface area (Å²) in [6.07, 6.45) is 3.61. The van der Waals surface area contributed by atoms with Gasteiger partial charge in [-0.15, -0.1) is 0 Å². The molecule has 20 heavy (non-hydrogen) atoms. The van der Waals surface area contributed by atoms with Crippen LogP contribution in [0.3, 0.4) is 0 Å². The number of nitrogens with two attached hydrogens (primary N) is 1. The zero-order chi connectivity index (χ0) is 14.7. The molecule has 0 spiro atoms. The lowest BCUT2D eigenvalue weighted by Crippen LogP contribution is -2.23. The maximum atomic E-state index is 13.9. The summed E-state index contributed by atoms with van der Waals surface area (Å²) in [5, 5.41) is 15.7. The monoisotopic (exact) mass is 277 g/mol. The van der Waals surface area contributed by atoms with E-state index in [1.807, 2.05) is 18.1 Å². The standard InChI is InChI=1S/C13H16FN5O/c1-18(7-9-6-16-19(2)8-9)11-5-3-4-10(14)12(11)13(15)17-20/h3-6,8,20H,7H2,1-2H3,(H2,15,17). The Bertz CT molecular complexity index is 637. The van der Waals surface area contributed by atoms with E-state index < -0.39 is 5.82 Å². The van der Waals surface area contributed by atoms with Crippen LogP contribution in [0.5, 0.6) is 0 Å². The molecule has 0 amide bonds. The van der Waals surface area contributed by atoms with Crippen LogP contribution in [0.25, 0.3) is 0 Å². The highest BCUT2D eigenvalue weighted by Crippen LogP contribution is 2.23. The second kappa shape index (κ2) is 5.60. The Kier molecular flexibility index (Phi) is 3.88. The third-order valence-corrected chi connectivity index (χ3v) is 2.94. The van der Waals surface area contributed by atoms with Crippen LogP contribution in [0.1, 0.15) is 11.1 Å². The van der Waals surface area contributed by atoms with Gasteiger partial charge < -0.3 is 15.8 Å². The van der Waals surface area contributed by atoms with Crippen molar-refractivity contribution in [1.29, 1.82) is 0 Å². The molecule has 0 saturated heterocycles. The lowest BCUT2D eigenvalue weighted by Gasteiger charge is -2.21. The van der Waals surface area contributed by atoms with Gasteiger partial charge in [-0.1, -0.05) is 11.2 Å². The zero-order valence-corrected chi connectivity index (χ0v) is 11.3. The van der Waals surface area contributed by atoms with Crippen molar-refractivity contribution in [1.82, 2.24) is 9.78 Å². The Morgan fingerprint density at radius 1 is 1.55 bits per heavy atom. The lowest BCUT2D eigenvalue weighted by atomic mass is 10.1. The molecule has 106 valence electrons. The Morgan fingerprint density at radius 3 is 2.90 bits per heavy atom. The summed E-state index contributed by atoms with van der Waals surface area (Å²) >= 11 is 0. The summed E-state index contributed by atoms with van der Waals surface area (Å²) in [6.45, 7) is 0.531. The Morgan fingerprint density at radius 2 is 2.30 bits per heavy atom. The van der Waals surface area contributed by atoms with Crippen LogP contribution in [0.4, 0.5) is 10.1 Å². The number of oxime groups is 1. The first-order valence-electron chi connectivity index (χ1n) is 5.98. The predicted octanol–water partition coefficient (Wildman–Crippen LogP) is 1.29. The average molecular weight is 277 g/mol. The van der Waals surface area contributed by atoms with Crippen molar-refractivity contribution in [2.45, 2.75) is 6.54 Å². The number of halogens is 1. The van der Waals surface area contributed by atoms with Crippen LogP contribution in [-0.4, -0.2) is 27.9 Å². The number of benzene rings is 1. The Balaban J connectivity index is 2.34. The highest BCUT2D eigenvalue weighted by molar-refractivity contribution is 6.02. The van der Waals surface area contributed by atoms with Crippen LogP contribution in [0.2, 0.25) is 0 Å². The van der Waals surface area contributed by atoms with E-state index in [9.17, 15) is 4.39 Å². The molecule has 0 bridgehead atoms. The highest BCUT2D eigenvalue weighted by Gasteiger charge is 2.16. The molecule has 0 aliphatic rings. The molecule has 3 N–H and O–H groups in total. The fourth-order valence-electron chi connectivity index (χ4n) is 2.05. The minimum Gasteiger partial charge on any atom is -0.409 e. The van der Waals surface area contributed by atoms with E-state index >= 15 is 0 Å². The van der Waals surface area contributed by atoms with E-state index in [1.54, 1.807) is 30.1 Å². The van der Waals surface area contributed by atoms with Crippen molar-refractivity contribution < 1.29 is 9.60 Å². The van der Waals surface area contributed by atoms with Crippen LogP contribution in [0.15, 0.2) is 35.7 Å². The summed E-state index contributed by atoms with van der Waals surface area (Å²) in [7, 11) is 3.63. The molecule has 6 nitrogen and oxygen atoms in total. The Labute approximate surface area is 115 Å². The zero-order valence-electron chi connectivity index (χ0n) is 11.3. The average Bonchev–Trinajstić information content (AvgIpc) is 2.83. The number of aromatic nitrogens is 2. The number of hydrogen-bond acceptors (Lipinski definition) is 4. The number of rotatable bonds is 4. The molecule has 0 aliphatic carbocycles. The Hall–Kier alpha value is -2.57. The smallest absolute Gasteiger partial charge is 0.175 e. The normalized spacial score (nSPS) is 11.7. The molecule has 7 heteroatoms. The van der Waals surface area contributed by atoms with E-state index in [0.717, 1.165) is 5.56 Å². The first kappa shape index (κ1) is 13.9. The van der Waals surface area contributed by atoms with E-state index in [0.29, 0.717) is 12.2 Å². The molecule has 0 atom stereocenters. The van der Waals surface area contributed by atoms with Gasteiger partial charge in [0.15, 0.2) is 5.84 Å². The molecule has 0 unspecified atom stereocenters. The molecule has 0 saturated carbocycles. The molecule has 2 aromatic rings. The van der Waals surface area contributed by atoms with Crippen molar-refractivity contribution in [3.8, 4) is 0 Å². The van der Waals surface area contributed by atoms with Gasteiger partial charge in [0.2, 0.25) is 0 Å². The number of anilines is 1. The van der Waals surface area contributed by atoms with Crippen LogP contribution >= 0.6 is 0 Å². The van der Waals surface area contributed by atoms with Gasteiger partial charge in [0.05, 0.1) is 17.4 Å². The molecule has 1 aromatic heterocycles. The third kappa shape index (κ3) is 2.71. The van der Waals surface area contributed by atoms with E-state index in [1.165, 1.54) is 6.07 Å². The quantitative estimate of drug-likeness (QED) is 0.382. The number of hydrogen-bond donors (Lipinski definition) is 2. The summed E-state index contributed by atoms with van der Waals surface area (Å²) in [5.74, 6) is -0.785.